The Morgan fingerprint density at radius 2 is 1.79 bits per heavy atom. The Balaban J connectivity index is 1.88. The van der Waals surface area contributed by atoms with Crippen LogP contribution in [0.25, 0.3) is 11.3 Å². The summed E-state index contributed by atoms with van der Waals surface area (Å²) in [6.07, 6.45) is 2.67. The normalized spacial score (nSPS) is 16.7. The smallest absolute Gasteiger partial charge is 0.139 e. The van der Waals surface area contributed by atoms with Gasteiger partial charge in [-0.25, -0.2) is 0 Å². The number of nitrogens with zero attached hydrogens (tertiary/aromatic N) is 1. The van der Waals surface area contributed by atoms with Crippen molar-refractivity contribution in [2.24, 2.45) is 0 Å². The number of allylic oxidation sites excluding steroid dienone is 1. The molecule has 0 fully saturated rings. The molecule has 0 aliphatic carbocycles. The third-order valence-electron chi connectivity index (χ3n) is 4.88. The standard InChI is InChI=1S/C23H19NO4S/c1-15-6-9-18(12-24-15)22-20(13-25)19-4-2-3-5-21(19)28-23(22)17-10-7-16(8-11-17)14-29(26)27/h2-13,20H,14H2,1H3,(H,26,27)/p-1. The van der Waals surface area contributed by atoms with E-state index in [4.69, 9.17) is 4.74 Å². The van der Waals surface area contributed by atoms with E-state index in [0.29, 0.717) is 17.1 Å². The van der Waals surface area contributed by atoms with Crippen LogP contribution in [0.2, 0.25) is 0 Å². The number of pyridine rings is 1. The summed E-state index contributed by atoms with van der Waals surface area (Å²) in [5.74, 6) is 0.664. The predicted molar refractivity (Wildman–Crippen MR) is 111 cm³/mol. The van der Waals surface area contributed by atoms with E-state index in [1.165, 1.54) is 0 Å². The number of aldehydes is 1. The van der Waals surface area contributed by atoms with Gasteiger partial charge in [-0.15, -0.1) is 0 Å². The summed E-state index contributed by atoms with van der Waals surface area (Å²) >= 11 is -2.15. The highest BCUT2D eigenvalue weighted by molar-refractivity contribution is 7.78. The lowest BCUT2D eigenvalue weighted by Gasteiger charge is -2.28. The number of hydrogen-bond acceptors (Lipinski definition) is 5. The maximum absolute atomic E-state index is 12.1. The van der Waals surface area contributed by atoms with Gasteiger partial charge in [-0.3, -0.25) is 9.19 Å². The van der Waals surface area contributed by atoms with Crippen molar-refractivity contribution in [2.75, 3.05) is 0 Å². The lowest BCUT2D eigenvalue weighted by molar-refractivity contribution is -0.108. The van der Waals surface area contributed by atoms with Gasteiger partial charge in [0.25, 0.3) is 0 Å². The van der Waals surface area contributed by atoms with Gasteiger partial charge < -0.3 is 14.1 Å². The van der Waals surface area contributed by atoms with Crippen LogP contribution in [0.5, 0.6) is 5.75 Å². The fourth-order valence-electron chi connectivity index (χ4n) is 3.47. The van der Waals surface area contributed by atoms with Crippen LogP contribution in [0, 0.1) is 6.92 Å². The van der Waals surface area contributed by atoms with Crippen molar-refractivity contribution in [1.29, 1.82) is 0 Å². The molecule has 2 atom stereocenters. The third-order valence-corrected chi connectivity index (χ3v) is 5.45. The molecule has 0 bridgehead atoms. The van der Waals surface area contributed by atoms with Crippen LogP contribution in [0.4, 0.5) is 0 Å². The van der Waals surface area contributed by atoms with Crippen molar-refractivity contribution >= 4 is 28.7 Å². The molecule has 0 amide bonds. The van der Waals surface area contributed by atoms with E-state index in [-0.39, 0.29) is 5.75 Å². The van der Waals surface area contributed by atoms with Gasteiger partial charge in [0.15, 0.2) is 0 Å². The molecule has 5 nitrogen and oxygen atoms in total. The minimum absolute atomic E-state index is 0.0469. The molecule has 2 unspecified atom stereocenters. The lowest BCUT2D eigenvalue weighted by Crippen LogP contribution is -2.16. The Kier molecular flexibility index (Phi) is 5.38. The van der Waals surface area contributed by atoms with Crippen molar-refractivity contribution in [1.82, 2.24) is 4.98 Å². The molecule has 1 aromatic heterocycles. The number of aryl methyl sites for hydroxylation is 1. The highest BCUT2D eigenvalue weighted by Crippen LogP contribution is 2.45. The van der Waals surface area contributed by atoms with Crippen LogP contribution < -0.4 is 4.74 Å². The number of benzene rings is 2. The van der Waals surface area contributed by atoms with Crippen molar-refractivity contribution in [3.63, 3.8) is 0 Å². The molecule has 29 heavy (non-hydrogen) atoms. The van der Waals surface area contributed by atoms with E-state index < -0.39 is 17.0 Å². The van der Waals surface area contributed by atoms with Gasteiger partial charge in [0, 0.05) is 39.9 Å². The Morgan fingerprint density at radius 3 is 2.45 bits per heavy atom. The number of rotatable bonds is 5. The lowest BCUT2D eigenvalue weighted by atomic mass is 9.84. The summed E-state index contributed by atoms with van der Waals surface area (Å²) in [6, 6.07) is 18.4. The largest absolute Gasteiger partial charge is 0.772 e. The SMILES string of the molecule is Cc1ccc(C2=C(c3ccc(CS(=O)[O-])cc3)Oc3ccccc3C2C=O)cn1. The molecular formula is C23H18NO4S-. The van der Waals surface area contributed by atoms with Crippen molar-refractivity contribution in [2.45, 2.75) is 18.6 Å². The quantitative estimate of drug-likeness (QED) is 0.474. The second kappa shape index (κ2) is 8.11. The zero-order valence-electron chi connectivity index (χ0n) is 15.7. The van der Waals surface area contributed by atoms with Gasteiger partial charge in [0.1, 0.15) is 17.8 Å². The molecule has 1 aliphatic rings. The van der Waals surface area contributed by atoms with E-state index in [2.05, 4.69) is 4.98 Å². The molecule has 3 aromatic rings. The van der Waals surface area contributed by atoms with Crippen LogP contribution in [-0.4, -0.2) is 20.0 Å². The number of ether oxygens (including phenoxy) is 1. The molecule has 0 saturated carbocycles. The first-order chi connectivity index (χ1) is 14.1. The minimum atomic E-state index is -2.15. The van der Waals surface area contributed by atoms with E-state index in [1.807, 2.05) is 55.5 Å². The topological polar surface area (TPSA) is 79.3 Å². The van der Waals surface area contributed by atoms with E-state index in [9.17, 15) is 13.6 Å². The highest BCUT2D eigenvalue weighted by atomic mass is 32.2. The van der Waals surface area contributed by atoms with E-state index >= 15 is 0 Å². The molecule has 1 aliphatic heterocycles. The second-order valence-corrected chi connectivity index (χ2v) is 7.73. The van der Waals surface area contributed by atoms with Gasteiger partial charge in [-0.1, -0.05) is 59.6 Å². The molecule has 2 heterocycles. The summed E-state index contributed by atoms with van der Waals surface area (Å²) < 4.78 is 28.2. The maximum Gasteiger partial charge on any atom is 0.139 e. The molecule has 0 saturated heterocycles. The maximum atomic E-state index is 12.1. The van der Waals surface area contributed by atoms with Crippen molar-refractivity contribution in [3.8, 4) is 5.75 Å². The average Bonchev–Trinajstić information content (AvgIpc) is 2.73. The van der Waals surface area contributed by atoms with Crippen LogP contribution in [-0.2, 0) is 21.6 Å². The first-order valence-electron chi connectivity index (χ1n) is 9.11. The van der Waals surface area contributed by atoms with Crippen LogP contribution in [0.1, 0.15) is 33.9 Å². The summed E-state index contributed by atoms with van der Waals surface area (Å²) in [7, 11) is 0. The molecule has 0 N–H and O–H groups in total. The van der Waals surface area contributed by atoms with Gasteiger partial charge in [-0.2, -0.15) is 0 Å². The van der Waals surface area contributed by atoms with E-state index in [1.54, 1.807) is 18.3 Å². The average molecular weight is 404 g/mol. The fourth-order valence-corrected chi connectivity index (χ4v) is 3.94. The van der Waals surface area contributed by atoms with Crippen LogP contribution in [0.15, 0.2) is 66.9 Å². The summed E-state index contributed by atoms with van der Waals surface area (Å²) in [5.41, 5.74) is 4.69. The van der Waals surface area contributed by atoms with Crippen LogP contribution >= 0.6 is 0 Å². The Labute approximate surface area is 171 Å². The van der Waals surface area contributed by atoms with E-state index in [0.717, 1.165) is 34.2 Å². The number of fused-ring (bicyclic) bond motifs is 1. The number of aromatic nitrogens is 1. The van der Waals surface area contributed by atoms with Gasteiger partial charge in [0.05, 0.1) is 5.92 Å². The van der Waals surface area contributed by atoms with Gasteiger partial charge in [0.2, 0.25) is 0 Å². The van der Waals surface area contributed by atoms with Crippen LogP contribution in [0.3, 0.4) is 0 Å². The Bertz CT molecular complexity index is 1100. The summed E-state index contributed by atoms with van der Waals surface area (Å²) in [5, 5.41) is 0. The monoisotopic (exact) mass is 404 g/mol. The number of para-hydroxylation sites is 1. The fraction of sp³-hybridized carbons (Fsp3) is 0.130. The molecule has 146 valence electrons. The van der Waals surface area contributed by atoms with Crippen molar-refractivity contribution in [3.05, 3.63) is 94.8 Å². The first kappa shape index (κ1) is 19.2. The highest BCUT2D eigenvalue weighted by Gasteiger charge is 2.31. The summed E-state index contributed by atoms with van der Waals surface area (Å²) in [4.78, 5) is 16.5. The zero-order valence-corrected chi connectivity index (χ0v) is 16.5. The molecule has 6 heteroatoms. The minimum Gasteiger partial charge on any atom is -0.772 e. The number of carbonyl (C=O) groups excluding carboxylic acids is 1. The molecule has 0 spiro atoms. The predicted octanol–water partition coefficient (Wildman–Crippen LogP) is 4.01. The second-order valence-electron chi connectivity index (χ2n) is 6.83. The molecule has 0 radical (unpaired) electrons. The van der Waals surface area contributed by atoms with Gasteiger partial charge in [-0.05, 0) is 24.6 Å². The molecule has 2 aromatic carbocycles. The molecule has 4 rings (SSSR count). The van der Waals surface area contributed by atoms with Crippen molar-refractivity contribution < 1.29 is 18.3 Å². The number of carbonyl (C=O) groups is 1. The number of hydrogen-bond donors (Lipinski definition) is 0. The van der Waals surface area contributed by atoms with Gasteiger partial charge >= 0.3 is 0 Å². The molecular weight excluding hydrogens is 386 g/mol. The Morgan fingerprint density at radius 1 is 1.07 bits per heavy atom. The Hall–Kier alpha value is -3.09. The third kappa shape index (κ3) is 3.90. The summed E-state index contributed by atoms with van der Waals surface area (Å²) in [6.45, 7) is 1.90. The first-order valence-corrected chi connectivity index (χ1v) is 10.4. The zero-order chi connectivity index (χ0) is 20.4.